The van der Waals surface area contributed by atoms with Gasteiger partial charge in [-0.2, -0.15) is 0 Å². The zero-order chi connectivity index (χ0) is 20.4. The number of hydrogen-bond donors (Lipinski definition) is 1. The average molecular weight is 406 g/mol. The van der Waals surface area contributed by atoms with Gasteiger partial charge in [0.25, 0.3) is 11.8 Å². The van der Waals surface area contributed by atoms with Crippen molar-refractivity contribution >= 4 is 46.6 Å². The maximum atomic E-state index is 13.1. The van der Waals surface area contributed by atoms with E-state index in [2.05, 4.69) is 29.3 Å². The third kappa shape index (κ3) is 3.80. The van der Waals surface area contributed by atoms with E-state index in [0.29, 0.717) is 5.69 Å². The first-order valence-corrected chi connectivity index (χ1v) is 10.3. The number of nitrogens with one attached hydrogen (secondary N) is 1. The molecular weight excluding hydrogens is 382 g/mol. The number of rotatable bonds is 5. The molecule has 0 atom stereocenters. The number of hydrogen-bond acceptors (Lipinski definition) is 4. The summed E-state index contributed by atoms with van der Waals surface area (Å²) < 4.78 is 0. The highest BCUT2D eigenvalue weighted by Gasteiger charge is 2.34. The van der Waals surface area contributed by atoms with Gasteiger partial charge in [0.2, 0.25) is 0 Å². The lowest BCUT2D eigenvalue weighted by molar-refractivity contribution is -0.122. The number of carbonyl (C=O) groups excluding carboxylic acids is 2. The van der Waals surface area contributed by atoms with Crippen molar-refractivity contribution in [1.29, 1.82) is 0 Å². The molecule has 0 aliphatic carbocycles. The quantitative estimate of drug-likeness (QED) is 0.468. The van der Waals surface area contributed by atoms with Gasteiger partial charge in [0.1, 0.15) is 5.57 Å². The van der Waals surface area contributed by atoms with Crippen molar-refractivity contribution in [2.75, 3.05) is 22.9 Å². The maximum absolute atomic E-state index is 13.1. The lowest BCUT2D eigenvalue weighted by Crippen LogP contribution is -2.54. The molecule has 5 nitrogen and oxygen atoms in total. The van der Waals surface area contributed by atoms with E-state index < -0.39 is 11.8 Å². The predicted octanol–water partition coefficient (Wildman–Crippen LogP) is 3.68. The highest BCUT2D eigenvalue weighted by atomic mass is 32.1. The first-order chi connectivity index (χ1) is 14.1. The Morgan fingerprint density at radius 3 is 2.69 bits per heavy atom. The summed E-state index contributed by atoms with van der Waals surface area (Å²) in [6.07, 6.45) is 4.99. The van der Waals surface area contributed by atoms with Crippen LogP contribution in [0.15, 0.2) is 54.1 Å². The van der Waals surface area contributed by atoms with Gasteiger partial charge in [0.15, 0.2) is 5.11 Å². The van der Waals surface area contributed by atoms with Crippen molar-refractivity contribution in [3.8, 4) is 0 Å². The van der Waals surface area contributed by atoms with Crippen molar-refractivity contribution < 1.29 is 9.59 Å². The monoisotopic (exact) mass is 405 g/mol. The van der Waals surface area contributed by atoms with E-state index in [4.69, 9.17) is 12.2 Å². The van der Waals surface area contributed by atoms with Gasteiger partial charge in [-0.1, -0.05) is 37.6 Å². The molecule has 1 saturated heterocycles. The molecule has 2 aromatic rings. The van der Waals surface area contributed by atoms with E-state index >= 15 is 0 Å². The molecule has 0 aromatic heterocycles. The van der Waals surface area contributed by atoms with Crippen LogP contribution in [-0.2, 0) is 16.0 Å². The second kappa shape index (κ2) is 8.17. The molecule has 29 heavy (non-hydrogen) atoms. The summed E-state index contributed by atoms with van der Waals surface area (Å²) >= 11 is 5.23. The van der Waals surface area contributed by atoms with E-state index in [0.717, 1.165) is 25.1 Å². The zero-order valence-electron chi connectivity index (χ0n) is 16.4. The van der Waals surface area contributed by atoms with Crippen LogP contribution in [0.5, 0.6) is 0 Å². The minimum Gasteiger partial charge on any atom is -0.371 e. The highest BCUT2D eigenvalue weighted by Crippen LogP contribution is 2.30. The number of carbonyl (C=O) groups is 2. The molecule has 148 valence electrons. The first kappa shape index (κ1) is 19.3. The van der Waals surface area contributed by atoms with Crippen LogP contribution in [0.25, 0.3) is 6.08 Å². The van der Waals surface area contributed by atoms with Crippen LogP contribution < -0.4 is 15.1 Å². The predicted molar refractivity (Wildman–Crippen MR) is 120 cm³/mol. The Hall–Kier alpha value is -2.99. The fourth-order valence-corrected chi connectivity index (χ4v) is 4.08. The van der Waals surface area contributed by atoms with Gasteiger partial charge in [0.05, 0.1) is 5.69 Å². The molecule has 0 saturated carbocycles. The van der Waals surface area contributed by atoms with Crippen LogP contribution in [-0.4, -0.2) is 30.0 Å². The summed E-state index contributed by atoms with van der Waals surface area (Å²) in [5, 5.41) is 2.73. The molecule has 0 radical (unpaired) electrons. The standard InChI is InChI=1S/C23H23N3O2S/c1-2-3-12-25-13-11-17-14-16(9-10-20(17)25)15-19-21(27)24-23(29)26(22(19)28)18-7-5-4-6-8-18/h4-10,14-15H,2-3,11-13H2,1H3,(H,24,27,29). The molecule has 2 aromatic carbocycles. The number of benzene rings is 2. The van der Waals surface area contributed by atoms with Crippen LogP contribution >= 0.6 is 12.2 Å². The lowest BCUT2D eigenvalue weighted by atomic mass is 10.0. The second-order valence-electron chi connectivity index (χ2n) is 7.27. The van der Waals surface area contributed by atoms with Gasteiger partial charge in [-0.25, -0.2) is 0 Å². The molecule has 2 amide bonds. The summed E-state index contributed by atoms with van der Waals surface area (Å²) in [6, 6.07) is 15.2. The van der Waals surface area contributed by atoms with E-state index in [1.54, 1.807) is 18.2 Å². The molecule has 0 bridgehead atoms. The van der Waals surface area contributed by atoms with Crippen molar-refractivity contribution in [1.82, 2.24) is 5.32 Å². The van der Waals surface area contributed by atoms with Crippen molar-refractivity contribution in [3.05, 3.63) is 65.2 Å². The molecule has 6 heteroatoms. The molecule has 2 heterocycles. The summed E-state index contributed by atoms with van der Waals surface area (Å²) in [7, 11) is 0. The first-order valence-electron chi connectivity index (χ1n) is 9.93. The van der Waals surface area contributed by atoms with E-state index in [1.165, 1.54) is 29.0 Å². The van der Waals surface area contributed by atoms with Crippen LogP contribution in [0, 0.1) is 0 Å². The number of fused-ring (bicyclic) bond motifs is 1. The molecule has 4 rings (SSSR count). The Bertz CT molecular complexity index is 1000. The minimum atomic E-state index is -0.461. The van der Waals surface area contributed by atoms with Gasteiger partial charge in [-0.15, -0.1) is 0 Å². The molecule has 1 fully saturated rings. The van der Waals surface area contributed by atoms with E-state index in [9.17, 15) is 9.59 Å². The Morgan fingerprint density at radius 1 is 1.14 bits per heavy atom. The number of amides is 2. The van der Waals surface area contributed by atoms with Crippen molar-refractivity contribution in [2.45, 2.75) is 26.2 Å². The minimum absolute atomic E-state index is 0.0863. The SMILES string of the molecule is CCCCN1CCc2cc(C=C3C(=O)NC(=S)N(c4ccccc4)C3=O)ccc21. The van der Waals surface area contributed by atoms with Gasteiger partial charge in [-0.05, 0) is 66.5 Å². The van der Waals surface area contributed by atoms with Gasteiger partial charge in [0, 0.05) is 18.8 Å². The Balaban J connectivity index is 1.63. The third-order valence-corrected chi connectivity index (χ3v) is 5.59. The average Bonchev–Trinajstić information content (AvgIpc) is 3.12. The van der Waals surface area contributed by atoms with E-state index in [-0.39, 0.29) is 10.7 Å². The number of unbranched alkanes of at least 4 members (excludes halogenated alkanes) is 1. The maximum Gasteiger partial charge on any atom is 0.270 e. The lowest BCUT2D eigenvalue weighted by Gasteiger charge is -2.28. The normalized spacial score (nSPS) is 17.7. The molecule has 0 unspecified atom stereocenters. The Morgan fingerprint density at radius 2 is 1.93 bits per heavy atom. The topological polar surface area (TPSA) is 52.7 Å². The smallest absolute Gasteiger partial charge is 0.270 e. The van der Waals surface area contributed by atoms with Crippen LogP contribution in [0.3, 0.4) is 0 Å². The Labute approximate surface area is 176 Å². The Kier molecular flexibility index (Phi) is 5.45. The third-order valence-electron chi connectivity index (χ3n) is 5.30. The molecular formula is C23H23N3O2S. The van der Waals surface area contributed by atoms with Gasteiger partial charge in [-0.3, -0.25) is 19.8 Å². The van der Waals surface area contributed by atoms with Crippen LogP contribution in [0.1, 0.15) is 30.9 Å². The summed E-state index contributed by atoms with van der Waals surface area (Å²) in [4.78, 5) is 29.3. The summed E-state index contributed by atoms with van der Waals surface area (Å²) in [6.45, 7) is 4.28. The fraction of sp³-hybridized carbons (Fsp3) is 0.261. The largest absolute Gasteiger partial charge is 0.371 e. The number of thiocarbonyl (C=S) groups is 1. The number of anilines is 2. The van der Waals surface area contributed by atoms with Crippen LogP contribution in [0.4, 0.5) is 11.4 Å². The van der Waals surface area contributed by atoms with Crippen LogP contribution in [0.2, 0.25) is 0 Å². The number of nitrogens with zero attached hydrogens (tertiary/aromatic N) is 2. The fourth-order valence-electron chi connectivity index (χ4n) is 3.80. The molecule has 0 spiro atoms. The van der Waals surface area contributed by atoms with Crippen molar-refractivity contribution in [2.24, 2.45) is 0 Å². The summed E-state index contributed by atoms with van der Waals surface area (Å²) in [5.41, 5.74) is 4.08. The van der Waals surface area contributed by atoms with Crippen molar-refractivity contribution in [3.63, 3.8) is 0 Å². The van der Waals surface area contributed by atoms with Gasteiger partial charge >= 0.3 is 0 Å². The summed E-state index contributed by atoms with van der Waals surface area (Å²) in [5.74, 6) is -0.868. The van der Waals surface area contributed by atoms with Gasteiger partial charge < -0.3 is 4.90 Å². The number of para-hydroxylation sites is 1. The molecule has 2 aliphatic heterocycles. The van der Waals surface area contributed by atoms with E-state index in [1.807, 2.05) is 24.3 Å². The zero-order valence-corrected chi connectivity index (χ0v) is 17.2. The molecule has 2 aliphatic rings. The second-order valence-corrected chi connectivity index (χ2v) is 7.66. The highest BCUT2D eigenvalue weighted by molar-refractivity contribution is 7.80. The molecule has 1 N–H and O–H groups in total.